The van der Waals surface area contributed by atoms with Gasteiger partial charge in [-0.3, -0.25) is 4.79 Å². The molecule has 1 saturated heterocycles. The van der Waals surface area contributed by atoms with Crippen LogP contribution in [0.5, 0.6) is 5.75 Å². The van der Waals surface area contributed by atoms with Gasteiger partial charge in [0.15, 0.2) is 0 Å². The van der Waals surface area contributed by atoms with Crippen molar-refractivity contribution in [3.8, 4) is 5.75 Å². The van der Waals surface area contributed by atoms with E-state index < -0.39 is 0 Å². The third-order valence-corrected chi connectivity index (χ3v) is 8.75. The number of rotatable bonds is 3. The topological polar surface area (TPSA) is 75.4 Å². The lowest BCUT2D eigenvalue weighted by atomic mass is 9.85. The summed E-state index contributed by atoms with van der Waals surface area (Å²) in [6, 6.07) is 7.06. The number of anilines is 1. The Hall–Kier alpha value is -1.99. The number of hydrogen-bond donors (Lipinski definition) is 3. The van der Waals surface area contributed by atoms with Crippen molar-refractivity contribution >= 4 is 54.2 Å². The lowest BCUT2D eigenvalue weighted by molar-refractivity contribution is 0.103. The number of carbonyl (C=O) groups excluding carboxylic acids is 1. The summed E-state index contributed by atoms with van der Waals surface area (Å²) in [7, 11) is 2.57. The second-order valence-electron chi connectivity index (χ2n) is 11.4. The van der Waals surface area contributed by atoms with E-state index in [0.717, 1.165) is 40.8 Å². The molecule has 6 nitrogen and oxygen atoms in total. The van der Waals surface area contributed by atoms with Crippen molar-refractivity contribution in [2.24, 2.45) is 5.92 Å². The Morgan fingerprint density at radius 2 is 1.82 bits per heavy atom. The van der Waals surface area contributed by atoms with Gasteiger partial charge in [-0.1, -0.05) is 29.5 Å². The molecule has 7 rings (SSSR count). The van der Waals surface area contributed by atoms with Gasteiger partial charge in [0.05, 0.1) is 11.2 Å². The van der Waals surface area contributed by atoms with Crippen LogP contribution in [0.15, 0.2) is 42.4 Å². The number of phenols is 1. The molecule has 1 spiro atoms. The van der Waals surface area contributed by atoms with E-state index in [-0.39, 0.29) is 11.2 Å². The predicted molar refractivity (Wildman–Crippen MR) is 169 cm³/mol. The Morgan fingerprint density at radius 3 is 2.47 bits per heavy atom. The first-order valence-corrected chi connectivity index (χ1v) is 16.1. The average molecular weight is 647 g/mol. The number of piperidine rings is 1. The standard InChI is InChI=1S/C15H20N2O.C14H16N2O.CH4IP/c1-4-10-8-17(9(2)3)12-7-13(18)15-11(14(10)12)5-6-16-15;1-8(2)16-7-9-6-14(9)10-3-4-15-13(10)11(17)5-12(14)16;2-1-3/h5-7,9-10,16,18H,4,8H2,1-3H3;3-5,8-9,15H,6-7H2,1-2H3;1,3H2/t10-;9-,14?;/m11./s1. The summed E-state index contributed by atoms with van der Waals surface area (Å²) in [5, 5.41) is 11.3. The SMILES string of the molecule is CC(C)N1C[C@H]2CC23C1=CC(=O)c1[nH]ccc13.CC[C@@H]1CN(C(C)C)c2cc(O)c3[nH]ccc3c21.PCI. The summed E-state index contributed by atoms with van der Waals surface area (Å²) in [5.41, 5.74) is 7.01. The lowest BCUT2D eigenvalue weighted by Gasteiger charge is -2.32. The second-order valence-corrected chi connectivity index (χ2v) is 14.3. The molecule has 0 radical (unpaired) electrons. The maximum absolute atomic E-state index is 12.1. The number of allylic oxidation sites excluding steroid dienone is 2. The fourth-order valence-electron chi connectivity index (χ4n) is 6.90. The highest BCUT2D eigenvalue weighted by Crippen LogP contribution is 2.66. The number of aromatic hydroxyl groups is 1. The highest BCUT2D eigenvalue weighted by Gasteiger charge is 2.66. The van der Waals surface area contributed by atoms with Gasteiger partial charge in [0.1, 0.15) is 5.75 Å². The normalized spacial score (nSPS) is 24.3. The van der Waals surface area contributed by atoms with Crippen molar-refractivity contribution in [3.63, 3.8) is 0 Å². The first-order chi connectivity index (χ1) is 18.2. The van der Waals surface area contributed by atoms with E-state index in [2.05, 4.69) is 98.3 Å². The van der Waals surface area contributed by atoms with E-state index >= 15 is 0 Å². The maximum Gasteiger partial charge on any atom is 0.204 e. The first kappa shape index (κ1) is 27.6. The Morgan fingerprint density at radius 1 is 1.13 bits per heavy atom. The van der Waals surface area contributed by atoms with Crippen LogP contribution in [0.3, 0.4) is 0 Å². The van der Waals surface area contributed by atoms with Crippen LogP contribution < -0.4 is 4.90 Å². The molecule has 4 atom stereocenters. The number of alkyl halides is 1. The summed E-state index contributed by atoms with van der Waals surface area (Å²) in [5.74, 6) is 1.79. The number of nitrogens with one attached hydrogen (secondary N) is 2. The molecule has 204 valence electrons. The average Bonchev–Trinajstić information content (AvgIpc) is 3.40. The number of benzene rings is 1. The van der Waals surface area contributed by atoms with Gasteiger partial charge in [-0.25, -0.2) is 0 Å². The molecule has 2 aromatic heterocycles. The lowest BCUT2D eigenvalue weighted by Crippen LogP contribution is -2.33. The van der Waals surface area contributed by atoms with Gasteiger partial charge in [-0.2, -0.15) is 0 Å². The molecule has 3 N–H and O–H groups in total. The van der Waals surface area contributed by atoms with Crippen molar-refractivity contribution in [1.82, 2.24) is 14.9 Å². The highest BCUT2D eigenvalue weighted by atomic mass is 127. The summed E-state index contributed by atoms with van der Waals surface area (Å²) < 4.78 is 1.14. The fourth-order valence-corrected chi connectivity index (χ4v) is 6.90. The van der Waals surface area contributed by atoms with Crippen LogP contribution in [0.2, 0.25) is 0 Å². The number of ketones is 1. The Bertz CT molecular complexity index is 1380. The van der Waals surface area contributed by atoms with E-state index in [1.807, 2.05) is 24.5 Å². The number of carbonyl (C=O) groups is 1. The van der Waals surface area contributed by atoms with Gasteiger partial charge < -0.3 is 24.9 Å². The van der Waals surface area contributed by atoms with Gasteiger partial charge >= 0.3 is 0 Å². The van der Waals surface area contributed by atoms with Crippen LogP contribution in [0, 0.1) is 5.92 Å². The minimum atomic E-state index is 0.142. The molecule has 8 heteroatoms. The number of phenolic OH excluding ortho intramolecular Hbond substituents is 1. The molecule has 1 aromatic carbocycles. The zero-order chi connectivity index (χ0) is 27.4. The van der Waals surface area contributed by atoms with Crippen LogP contribution >= 0.6 is 31.8 Å². The summed E-state index contributed by atoms with van der Waals surface area (Å²) in [6.45, 7) is 13.2. The highest BCUT2D eigenvalue weighted by molar-refractivity contribution is 14.1. The number of hydrogen-bond acceptors (Lipinski definition) is 4. The number of aromatic amines is 2. The summed E-state index contributed by atoms with van der Waals surface area (Å²) in [4.78, 5) is 23.1. The van der Waals surface area contributed by atoms with E-state index in [1.54, 1.807) is 0 Å². The molecule has 1 saturated carbocycles. The third-order valence-electron chi connectivity index (χ3n) is 8.75. The molecule has 2 aliphatic carbocycles. The van der Waals surface area contributed by atoms with Crippen molar-refractivity contribution in [2.45, 2.75) is 70.9 Å². The molecule has 0 amide bonds. The number of halogens is 1. The molecule has 2 unspecified atom stereocenters. The van der Waals surface area contributed by atoms with Crippen molar-refractivity contribution in [3.05, 3.63) is 59.2 Å². The molecule has 0 bridgehead atoms. The predicted octanol–water partition coefficient (Wildman–Crippen LogP) is 6.93. The van der Waals surface area contributed by atoms with Crippen LogP contribution in [-0.4, -0.2) is 55.1 Å². The molecular weight excluding hydrogens is 606 g/mol. The molecular formula is C30H40IN4O2P. The van der Waals surface area contributed by atoms with Gasteiger partial charge in [0.25, 0.3) is 0 Å². The summed E-state index contributed by atoms with van der Waals surface area (Å²) >= 11 is 2.25. The Kier molecular flexibility index (Phi) is 7.64. The Labute approximate surface area is 242 Å². The molecule has 4 heterocycles. The molecule has 4 aliphatic rings. The van der Waals surface area contributed by atoms with E-state index in [4.69, 9.17) is 0 Å². The van der Waals surface area contributed by atoms with Crippen molar-refractivity contribution in [1.29, 1.82) is 0 Å². The monoisotopic (exact) mass is 646 g/mol. The maximum atomic E-state index is 12.1. The van der Waals surface area contributed by atoms with Crippen LogP contribution in [0.25, 0.3) is 10.9 Å². The van der Waals surface area contributed by atoms with Gasteiger partial charge in [0.2, 0.25) is 5.78 Å². The smallest absolute Gasteiger partial charge is 0.204 e. The largest absolute Gasteiger partial charge is 0.506 e. The number of nitrogens with zero attached hydrogens (tertiary/aromatic N) is 2. The third kappa shape index (κ3) is 4.28. The van der Waals surface area contributed by atoms with Crippen LogP contribution in [0.1, 0.15) is 75.0 Å². The number of H-pyrrole nitrogens is 2. The number of aromatic nitrogens is 2. The number of likely N-dealkylation sites (tertiary alicyclic amines) is 1. The zero-order valence-corrected chi connectivity index (χ0v) is 26.3. The minimum absolute atomic E-state index is 0.142. The van der Waals surface area contributed by atoms with Gasteiger partial charge in [0, 0.05) is 82.0 Å². The van der Waals surface area contributed by atoms with Crippen molar-refractivity contribution in [2.75, 3.05) is 22.2 Å². The molecule has 2 fully saturated rings. The first-order valence-electron chi connectivity index (χ1n) is 13.8. The van der Waals surface area contributed by atoms with E-state index in [0.29, 0.717) is 23.8 Å². The van der Waals surface area contributed by atoms with Crippen molar-refractivity contribution < 1.29 is 9.90 Å². The molecule has 38 heavy (non-hydrogen) atoms. The van der Waals surface area contributed by atoms with Gasteiger partial charge in [-0.15, -0.1) is 9.24 Å². The van der Waals surface area contributed by atoms with Crippen LogP contribution in [-0.2, 0) is 5.41 Å². The quantitative estimate of drug-likeness (QED) is 0.164. The van der Waals surface area contributed by atoms with Crippen LogP contribution in [0.4, 0.5) is 5.69 Å². The second kappa shape index (κ2) is 10.5. The number of fused-ring (bicyclic) bond motifs is 4. The Balaban J connectivity index is 0.000000141. The minimum Gasteiger partial charge on any atom is -0.506 e. The fraction of sp³-hybridized carbons (Fsp3) is 0.500. The van der Waals surface area contributed by atoms with E-state index in [1.165, 1.54) is 34.3 Å². The van der Waals surface area contributed by atoms with Gasteiger partial charge in [-0.05, 0) is 69.7 Å². The molecule has 3 aromatic rings. The van der Waals surface area contributed by atoms with E-state index in [9.17, 15) is 9.90 Å². The molecule has 2 aliphatic heterocycles. The summed E-state index contributed by atoms with van der Waals surface area (Å²) in [6.07, 6.45) is 8.05. The zero-order valence-electron chi connectivity index (χ0n) is 23.0.